The molecule has 0 spiro atoms. The van der Waals surface area contributed by atoms with Gasteiger partial charge < -0.3 is 10.4 Å². The van der Waals surface area contributed by atoms with Gasteiger partial charge in [-0.3, -0.25) is 4.79 Å². The number of anilines is 1. The third-order valence-electron chi connectivity index (χ3n) is 2.99. The normalized spacial score (nSPS) is 10.4. The second-order valence-electron chi connectivity index (χ2n) is 4.64. The van der Waals surface area contributed by atoms with Crippen LogP contribution in [0.15, 0.2) is 42.5 Å². The predicted octanol–water partition coefficient (Wildman–Crippen LogP) is 2.68. The summed E-state index contributed by atoms with van der Waals surface area (Å²) in [5, 5.41) is 11.5. The zero-order valence-electron chi connectivity index (χ0n) is 11.3. The molecule has 2 aromatic rings. The first-order valence-corrected chi connectivity index (χ1v) is 6.52. The van der Waals surface area contributed by atoms with E-state index in [9.17, 15) is 13.6 Å². The summed E-state index contributed by atoms with van der Waals surface area (Å²) in [4.78, 5) is 11.8. The van der Waals surface area contributed by atoms with Gasteiger partial charge in [-0.1, -0.05) is 18.2 Å². The smallest absolute Gasteiger partial charge is 0.228 e. The molecule has 21 heavy (non-hydrogen) atoms. The first-order valence-electron chi connectivity index (χ1n) is 6.52. The van der Waals surface area contributed by atoms with Crippen LogP contribution in [0.5, 0.6) is 0 Å². The predicted molar refractivity (Wildman–Crippen MR) is 75.9 cm³/mol. The van der Waals surface area contributed by atoms with Gasteiger partial charge >= 0.3 is 0 Å². The molecule has 0 bridgehead atoms. The van der Waals surface area contributed by atoms with Gasteiger partial charge in [-0.15, -0.1) is 0 Å². The van der Waals surface area contributed by atoms with Crippen molar-refractivity contribution in [1.29, 1.82) is 0 Å². The van der Waals surface area contributed by atoms with Crippen molar-refractivity contribution in [2.75, 3.05) is 11.9 Å². The first-order chi connectivity index (χ1) is 10.1. The van der Waals surface area contributed by atoms with Gasteiger partial charge in [0.05, 0.1) is 6.42 Å². The number of benzene rings is 2. The van der Waals surface area contributed by atoms with E-state index in [4.69, 9.17) is 5.11 Å². The number of carbonyl (C=O) groups excluding carboxylic acids is 1. The highest BCUT2D eigenvalue weighted by Crippen LogP contribution is 2.12. The molecular weight excluding hydrogens is 276 g/mol. The van der Waals surface area contributed by atoms with E-state index in [0.29, 0.717) is 17.7 Å². The molecule has 0 saturated carbocycles. The summed E-state index contributed by atoms with van der Waals surface area (Å²) in [5.41, 5.74) is 1.99. The molecular formula is C16H15F2NO2. The van der Waals surface area contributed by atoms with Crippen LogP contribution in [0, 0.1) is 11.6 Å². The standard InChI is InChI=1S/C16H15F2NO2/c17-14-6-3-12(9-15(14)18)10-16(21)19-13-4-1-11(2-5-13)7-8-20/h1-6,9,20H,7-8,10H2,(H,19,21). The molecule has 0 aliphatic rings. The quantitative estimate of drug-likeness (QED) is 0.890. The van der Waals surface area contributed by atoms with Crippen molar-refractivity contribution in [3.63, 3.8) is 0 Å². The molecule has 0 aromatic heterocycles. The summed E-state index contributed by atoms with van der Waals surface area (Å²) in [7, 11) is 0. The van der Waals surface area contributed by atoms with E-state index >= 15 is 0 Å². The van der Waals surface area contributed by atoms with E-state index in [1.54, 1.807) is 12.1 Å². The highest BCUT2D eigenvalue weighted by atomic mass is 19.2. The monoisotopic (exact) mass is 291 g/mol. The van der Waals surface area contributed by atoms with Crippen molar-refractivity contribution >= 4 is 11.6 Å². The average Bonchev–Trinajstić information content (AvgIpc) is 2.45. The molecule has 2 aromatic carbocycles. The number of amides is 1. The Morgan fingerprint density at radius 2 is 1.67 bits per heavy atom. The fourth-order valence-electron chi connectivity index (χ4n) is 1.92. The molecule has 2 rings (SSSR count). The average molecular weight is 291 g/mol. The number of aliphatic hydroxyl groups is 1. The molecule has 5 heteroatoms. The maximum absolute atomic E-state index is 13.0. The summed E-state index contributed by atoms with van der Waals surface area (Å²) in [6, 6.07) is 10.5. The third-order valence-corrected chi connectivity index (χ3v) is 2.99. The maximum Gasteiger partial charge on any atom is 0.228 e. The number of rotatable bonds is 5. The van der Waals surface area contributed by atoms with Crippen molar-refractivity contribution in [1.82, 2.24) is 0 Å². The minimum atomic E-state index is -0.964. The Morgan fingerprint density at radius 3 is 2.29 bits per heavy atom. The van der Waals surface area contributed by atoms with Gasteiger partial charge in [0.15, 0.2) is 11.6 Å². The van der Waals surface area contributed by atoms with Crippen LogP contribution in [0.2, 0.25) is 0 Å². The number of halogens is 2. The molecule has 3 nitrogen and oxygen atoms in total. The molecule has 0 aliphatic heterocycles. The van der Waals surface area contributed by atoms with Gasteiger partial charge in [-0.2, -0.15) is 0 Å². The first kappa shape index (κ1) is 15.1. The lowest BCUT2D eigenvalue weighted by molar-refractivity contribution is -0.115. The van der Waals surface area contributed by atoms with E-state index in [0.717, 1.165) is 17.7 Å². The Labute approximate surface area is 121 Å². The Kier molecular flexibility index (Phi) is 5.00. The van der Waals surface area contributed by atoms with Crippen LogP contribution in [0.1, 0.15) is 11.1 Å². The number of hydrogen-bond donors (Lipinski definition) is 2. The van der Waals surface area contributed by atoms with E-state index in [-0.39, 0.29) is 18.9 Å². The fourth-order valence-corrected chi connectivity index (χ4v) is 1.92. The molecule has 0 radical (unpaired) electrons. The molecule has 0 atom stereocenters. The minimum absolute atomic E-state index is 0.0322. The van der Waals surface area contributed by atoms with Crippen LogP contribution in [0.3, 0.4) is 0 Å². The van der Waals surface area contributed by atoms with Crippen molar-refractivity contribution < 1.29 is 18.7 Å². The Bertz CT molecular complexity index is 627. The number of carbonyl (C=O) groups is 1. The highest BCUT2D eigenvalue weighted by Gasteiger charge is 2.07. The molecule has 0 aliphatic carbocycles. The van der Waals surface area contributed by atoms with Crippen LogP contribution < -0.4 is 5.32 Å². The van der Waals surface area contributed by atoms with Gasteiger partial charge in [0, 0.05) is 12.3 Å². The second kappa shape index (κ2) is 6.95. The molecule has 2 N–H and O–H groups in total. The summed E-state index contributed by atoms with van der Waals surface area (Å²) < 4.78 is 25.8. The zero-order valence-corrected chi connectivity index (χ0v) is 11.3. The molecule has 0 saturated heterocycles. The van der Waals surface area contributed by atoms with Gasteiger partial charge in [0.25, 0.3) is 0 Å². The van der Waals surface area contributed by atoms with E-state index in [2.05, 4.69) is 5.32 Å². The van der Waals surface area contributed by atoms with E-state index in [1.807, 2.05) is 12.1 Å². The van der Waals surface area contributed by atoms with Crippen molar-refractivity contribution in [2.45, 2.75) is 12.8 Å². The van der Waals surface area contributed by atoms with Gasteiger partial charge in [0.2, 0.25) is 5.91 Å². The number of nitrogens with one attached hydrogen (secondary N) is 1. The summed E-state index contributed by atoms with van der Waals surface area (Å²) in [6.07, 6.45) is 0.526. The minimum Gasteiger partial charge on any atom is -0.396 e. The zero-order chi connectivity index (χ0) is 15.2. The molecule has 1 amide bonds. The lowest BCUT2D eigenvalue weighted by Gasteiger charge is -2.07. The van der Waals surface area contributed by atoms with E-state index in [1.165, 1.54) is 6.07 Å². The largest absolute Gasteiger partial charge is 0.396 e. The van der Waals surface area contributed by atoms with Crippen molar-refractivity contribution in [2.24, 2.45) is 0 Å². The second-order valence-corrected chi connectivity index (χ2v) is 4.64. The third kappa shape index (κ3) is 4.36. The lowest BCUT2D eigenvalue weighted by Crippen LogP contribution is -2.14. The lowest BCUT2D eigenvalue weighted by atomic mass is 10.1. The fraction of sp³-hybridized carbons (Fsp3) is 0.188. The number of hydrogen-bond acceptors (Lipinski definition) is 2. The SMILES string of the molecule is O=C(Cc1ccc(F)c(F)c1)Nc1ccc(CCO)cc1. The van der Waals surface area contributed by atoms with Gasteiger partial charge in [-0.05, 0) is 41.8 Å². The Balaban J connectivity index is 1.96. The van der Waals surface area contributed by atoms with Crippen molar-refractivity contribution in [3.8, 4) is 0 Å². The number of aliphatic hydroxyl groups excluding tert-OH is 1. The van der Waals surface area contributed by atoms with Crippen LogP contribution in [0.25, 0.3) is 0 Å². The molecule has 110 valence electrons. The molecule has 0 fully saturated rings. The van der Waals surface area contributed by atoms with Crippen LogP contribution in [0.4, 0.5) is 14.5 Å². The van der Waals surface area contributed by atoms with Gasteiger partial charge in [0.1, 0.15) is 0 Å². The topological polar surface area (TPSA) is 49.3 Å². The summed E-state index contributed by atoms with van der Waals surface area (Å²) in [6.45, 7) is 0.0713. The van der Waals surface area contributed by atoms with Crippen LogP contribution in [-0.4, -0.2) is 17.6 Å². The summed E-state index contributed by atoms with van der Waals surface area (Å²) in [5.74, 6) is -2.21. The summed E-state index contributed by atoms with van der Waals surface area (Å²) >= 11 is 0. The van der Waals surface area contributed by atoms with Crippen LogP contribution in [-0.2, 0) is 17.6 Å². The maximum atomic E-state index is 13.0. The van der Waals surface area contributed by atoms with Crippen LogP contribution >= 0.6 is 0 Å². The van der Waals surface area contributed by atoms with E-state index < -0.39 is 11.6 Å². The highest BCUT2D eigenvalue weighted by molar-refractivity contribution is 5.92. The molecule has 0 heterocycles. The Morgan fingerprint density at radius 1 is 1.00 bits per heavy atom. The molecule has 0 unspecified atom stereocenters. The Hall–Kier alpha value is -2.27. The van der Waals surface area contributed by atoms with Crippen molar-refractivity contribution in [3.05, 3.63) is 65.2 Å². The van der Waals surface area contributed by atoms with Gasteiger partial charge in [-0.25, -0.2) is 8.78 Å².